The van der Waals surface area contributed by atoms with Gasteiger partial charge in [0, 0.05) is 26.1 Å². The monoisotopic (exact) mass is 854 g/mol. The number of urea groups is 1. The predicted molar refractivity (Wildman–Crippen MR) is 227 cm³/mol. The largest absolute Gasteiger partial charge is 0.444 e. The molecule has 0 bridgehead atoms. The molecule has 4 aliphatic rings. The first-order valence-corrected chi connectivity index (χ1v) is 23.2. The van der Waals surface area contributed by atoms with Crippen molar-refractivity contribution in [2.75, 3.05) is 25.4 Å². The fourth-order valence-corrected chi connectivity index (χ4v) is 10.1. The lowest BCUT2D eigenvalue weighted by Crippen LogP contribution is -2.63. The van der Waals surface area contributed by atoms with Gasteiger partial charge >= 0.3 is 12.1 Å². The van der Waals surface area contributed by atoms with Crippen molar-refractivity contribution < 1.29 is 41.9 Å². The molecule has 0 aromatic heterocycles. The van der Waals surface area contributed by atoms with E-state index in [0.29, 0.717) is 32.4 Å². The number of likely N-dealkylation sites (tertiary alicyclic amines) is 1. The molecule has 2 saturated carbocycles. The van der Waals surface area contributed by atoms with Crippen molar-refractivity contribution in [1.29, 1.82) is 0 Å². The Balaban J connectivity index is 1.39. The van der Waals surface area contributed by atoms with Crippen molar-refractivity contribution >= 4 is 45.5 Å². The number of hydrogen-bond donors (Lipinski definition) is 4. The molecule has 2 unspecified atom stereocenters. The Hall–Kier alpha value is -4.47. The molecule has 5 rings (SSSR count). The van der Waals surface area contributed by atoms with E-state index in [2.05, 4.69) is 27.8 Å². The minimum Gasteiger partial charge on any atom is -0.444 e. The summed E-state index contributed by atoms with van der Waals surface area (Å²) in [5.74, 6) is -3.08. The Morgan fingerprint density at radius 2 is 1.62 bits per heavy atom. The van der Waals surface area contributed by atoms with Crippen LogP contribution in [0.4, 0.5) is 9.59 Å². The normalized spacial score (nSPS) is 21.6. The van der Waals surface area contributed by atoms with Crippen LogP contribution in [0.5, 0.6) is 0 Å². The minimum atomic E-state index is -3.64. The molecule has 1 aromatic carbocycles. The van der Waals surface area contributed by atoms with Gasteiger partial charge in [0.2, 0.25) is 17.6 Å². The molecule has 2 heterocycles. The molecule has 16 heteroatoms. The lowest BCUT2D eigenvalue weighted by Gasteiger charge is -2.41. The van der Waals surface area contributed by atoms with E-state index < -0.39 is 85.4 Å². The summed E-state index contributed by atoms with van der Waals surface area (Å²) in [6.07, 6.45) is 6.73. The number of amides is 6. The van der Waals surface area contributed by atoms with Crippen molar-refractivity contribution in [2.45, 2.75) is 153 Å². The summed E-state index contributed by atoms with van der Waals surface area (Å²) >= 11 is 0. The smallest absolute Gasteiger partial charge is 0.410 e. The number of nitrogens with zero attached hydrogens (tertiary/aromatic N) is 2. The number of carbonyl (C=O) groups excluding carboxylic acids is 6. The van der Waals surface area contributed by atoms with E-state index in [-0.39, 0.29) is 37.6 Å². The maximum Gasteiger partial charge on any atom is 0.410 e. The van der Waals surface area contributed by atoms with Crippen molar-refractivity contribution in [3.63, 3.8) is 0 Å². The van der Waals surface area contributed by atoms with E-state index >= 15 is 0 Å². The molecule has 2 aliphatic carbocycles. The fourth-order valence-electron chi connectivity index (χ4n) is 8.55. The van der Waals surface area contributed by atoms with Gasteiger partial charge in [-0.25, -0.2) is 18.0 Å². The Labute approximate surface area is 355 Å². The predicted octanol–water partition coefficient (Wildman–Crippen LogP) is 4.33. The number of rotatable bonds is 14. The quantitative estimate of drug-likeness (QED) is 0.155. The molecule has 4 atom stereocenters. The maximum absolute atomic E-state index is 14.8. The maximum atomic E-state index is 14.8. The molecule has 15 nitrogen and oxygen atoms in total. The van der Waals surface area contributed by atoms with Gasteiger partial charge in [-0.3, -0.25) is 19.2 Å². The topological polar surface area (TPSA) is 200 Å². The minimum absolute atomic E-state index is 0.0670. The standard InChI is InChI=1S/C44H66N6O9S/c1-8-22-45-38(53)35(51)33(24-29-15-14-16-29)46-37(52)34-25-32(59-41(56)49-23-19-30-17-10-11-18-31(30)26-49)27-50(34)39(54)36(42(2,3)4)47-40(55)48-44(20-12-9-13-21-44)28-60(57,58)43(5,6)7/h8,10-11,17-18,29,32-34,36H,1,9,12-16,19-28H2,2-7H3,(H,45,53)(H,46,52)(H2,47,48,55)/t32-,33?,34?,36-/m1/s1. The zero-order valence-electron chi connectivity index (χ0n) is 36.3. The number of nitrogens with one attached hydrogen (secondary N) is 4. The number of carbonyl (C=O) groups is 6. The molecule has 2 aliphatic heterocycles. The third-order valence-corrected chi connectivity index (χ3v) is 15.3. The van der Waals surface area contributed by atoms with Crippen LogP contribution in [0.25, 0.3) is 0 Å². The van der Waals surface area contributed by atoms with Crippen molar-refractivity contribution in [3.05, 3.63) is 48.0 Å². The van der Waals surface area contributed by atoms with E-state index in [1.165, 1.54) is 11.0 Å². The molecule has 6 amide bonds. The molecular weight excluding hydrogens is 789 g/mol. The number of Topliss-reactive ketones (excluding diaryl/α,β-unsaturated/α-hetero) is 1. The molecule has 1 aromatic rings. The molecule has 60 heavy (non-hydrogen) atoms. The molecule has 3 fully saturated rings. The molecule has 332 valence electrons. The fraction of sp³-hybridized carbons (Fsp3) is 0.682. The molecule has 0 spiro atoms. The second-order valence-corrected chi connectivity index (χ2v) is 22.0. The van der Waals surface area contributed by atoms with Crippen molar-refractivity contribution in [1.82, 2.24) is 31.1 Å². The highest BCUT2D eigenvalue weighted by atomic mass is 32.2. The highest BCUT2D eigenvalue weighted by Gasteiger charge is 2.48. The van der Waals surface area contributed by atoms with Gasteiger partial charge in [0.1, 0.15) is 18.2 Å². The van der Waals surface area contributed by atoms with Crippen LogP contribution in [-0.4, -0.2) is 114 Å². The van der Waals surface area contributed by atoms with Gasteiger partial charge in [-0.1, -0.05) is 89.6 Å². The van der Waals surface area contributed by atoms with E-state index in [9.17, 15) is 37.2 Å². The SMILES string of the molecule is C=CCNC(=O)C(=O)C(CC1CCC1)NC(=O)C1C[C@@H](OC(=O)N2CCc3ccccc3C2)CN1C(=O)[C@@H](NC(=O)NC1(CS(=O)(=O)C(C)(C)C)CCCCC1)C(C)(C)C. The first-order valence-electron chi connectivity index (χ1n) is 21.5. The number of ketones is 1. The Morgan fingerprint density at radius 3 is 2.22 bits per heavy atom. The first-order chi connectivity index (χ1) is 28.1. The van der Waals surface area contributed by atoms with Gasteiger partial charge in [-0.05, 0) is 68.9 Å². The van der Waals surface area contributed by atoms with Gasteiger partial charge in [0.25, 0.3) is 5.91 Å². The van der Waals surface area contributed by atoms with Crippen LogP contribution in [0.15, 0.2) is 36.9 Å². The molecule has 0 radical (unpaired) electrons. The van der Waals surface area contributed by atoms with E-state index in [0.717, 1.165) is 49.7 Å². The zero-order valence-corrected chi connectivity index (χ0v) is 37.1. The molecule has 1 saturated heterocycles. The third kappa shape index (κ3) is 11.5. The lowest BCUT2D eigenvalue weighted by atomic mass is 9.80. The lowest BCUT2D eigenvalue weighted by molar-refractivity contribution is -0.144. The van der Waals surface area contributed by atoms with Crippen molar-refractivity contribution in [3.8, 4) is 0 Å². The van der Waals surface area contributed by atoms with Gasteiger partial charge in [0.15, 0.2) is 9.84 Å². The Bertz CT molecular complexity index is 1890. The second-order valence-electron chi connectivity index (χ2n) is 19.3. The summed E-state index contributed by atoms with van der Waals surface area (Å²) in [7, 11) is -3.64. The van der Waals surface area contributed by atoms with Gasteiger partial charge in [-0.2, -0.15) is 0 Å². The summed E-state index contributed by atoms with van der Waals surface area (Å²) in [5.41, 5.74) is 0.206. The number of benzene rings is 1. The average Bonchev–Trinajstić information content (AvgIpc) is 3.59. The van der Waals surface area contributed by atoms with Gasteiger partial charge in [0.05, 0.1) is 28.6 Å². The Kier molecular flexibility index (Phi) is 14.8. The Morgan fingerprint density at radius 1 is 0.950 bits per heavy atom. The second kappa shape index (κ2) is 19.1. The molecule has 4 N–H and O–H groups in total. The van der Waals surface area contributed by atoms with E-state index in [1.807, 2.05) is 24.3 Å². The van der Waals surface area contributed by atoms with Crippen LogP contribution in [0, 0.1) is 11.3 Å². The van der Waals surface area contributed by atoms with Gasteiger partial charge < -0.3 is 35.8 Å². The number of fused-ring (bicyclic) bond motifs is 1. The van der Waals surface area contributed by atoms with Crippen LogP contribution in [0.1, 0.15) is 117 Å². The zero-order chi connectivity index (χ0) is 44.0. The number of sulfone groups is 1. The summed E-state index contributed by atoms with van der Waals surface area (Å²) in [4.78, 5) is 86.0. The van der Waals surface area contributed by atoms with E-state index in [4.69, 9.17) is 4.74 Å². The molecular formula is C44H66N6O9S. The summed E-state index contributed by atoms with van der Waals surface area (Å²) in [5, 5.41) is 11.1. The van der Waals surface area contributed by atoms with Crippen molar-refractivity contribution in [2.24, 2.45) is 11.3 Å². The highest BCUT2D eigenvalue weighted by molar-refractivity contribution is 7.92. The highest BCUT2D eigenvalue weighted by Crippen LogP contribution is 2.34. The summed E-state index contributed by atoms with van der Waals surface area (Å²) < 4.78 is 31.9. The summed E-state index contributed by atoms with van der Waals surface area (Å²) in [6, 6.07) is 3.55. The van der Waals surface area contributed by atoms with Crippen LogP contribution >= 0.6 is 0 Å². The number of ether oxygens (including phenoxy) is 1. The average molecular weight is 855 g/mol. The number of hydrogen-bond acceptors (Lipinski definition) is 9. The first kappa shape index (κ1) is 46.6. The van der Waals surface area contributed by atoms with Crippen LogP contribution in [-0.2, 0) is 46.7 Å². The van der Waals surface area contributed by atoms with Gasteiger partial charge in [-0.15, -0.1) is 6.58 Å². The van der Waals surface area contributed by atoms with E-state index in [1.54, 1.807) is 46.4 Å². The van der Waals surface area contributed by atoms with Crippen LogP contribution in [0.3, 0.4) is 0 Å². The third-order valence-electron chi connectivity index (χ3n) is 12.5. The summed E-state index contributed by atoms with van der Waals surface area (Å²) in [6.45, 7) is 14.4. The van der Waals surface area contributed by atoms with Crippen LogP contribution in [0.2, 0.25) is 0 Å². The van der Waals surface area contributed by atoms with Crippen LogP contribution < -0.4 is 21.3 Å².